The lowest BCUT2D eigenvalue weighted by molar-refractivity contribution is 0.456. The minimum absolute atomic E-state index is 0.0400. The van der Waals surface area contributed by atoms with E-state index in [-0.39, 0.29) is 23.9 Å². The van der Waals surface area contributed by atoms with Crippen molar-refractivity contribution in [1.29, 1.82) is 0 Å². The molecule has 2 aromatic heterocycles. The summed E-state index contributed by atoms with van der Waals surface area (Å²) < 4.78 is 42.1. The normalized spacial score (nSPS) is 12.8. The van der Waals surface area contributed by atoms with Gasteiger partial charge >= 0.3 is 0 Å². The van der Waals surface area contributed by atoms with Crippen molar-refractivity contribution >= 4 is 21.1 Å². The second-order valence-electron chi connectivity index (χ2n) is 6.79. The molecule has 1 aromatic carbocycles. The number of halogens is 1. The van der Waals surface area contributed by atoms with E-state index in [0.29, 0.717) is 27.9 Å². The van der Waals surface area contributed by atoms with Gasteiger partial charge in [-0.1, -0.05) is 12.1 Å². The number of nitrogens with two attached hydrogens (primary N) is 1. The largest absolute Gasteiger partial charge is 0.493 e. The van der Waals surface area contributed by atoms with Gasteiger partial charge in [0, 0.05) is 38.0 Å². The van der Waals surface area contributed by atoms with Crippen molar-refractivity contribution in [2.75, 3.05) is 20.6 Å². The van der Waals surface area contributed by atoms with Gasteiger partial charge in [-0.15, -0.1) is 0 Å². The fraction of sp³-hybridized carbons (Fsp3) is 0.250. The maximum absolute atomic E-state index is 14.2. The Labute approximate surface area is 168 Å². The fourth-order valence-electron chi connectivity index (χ4n) is 3.25. The van der Waals surface area contributed by atoms with E-state index in [1.165, 1.54) is 32.3 Å². The number of hydrogen-bond donors (Lipinski definition) is 2. The summed E-state index contributed by atoms with van der Waals surface area (Å²) in [6, 6.07) is 9.57. The quantitative estimate of drug-likeness (QED) is 0.641. The summed E-state index contributed by atoms with van der Waals surface area (Å²) >= 11 is 0. The van der Waals surface area contributed by atoms with Gasteiger partial charge in [-0.3, -0.25) is 0 Å². The standard InChI is InChI=1S/C20H23FN4O3S/c1-13-19(14-5-4-6-16(11-14)29(27,28)24(2)3)20-17(7-8-18(26)23-20)25(13)12-15(21)9-10-22/h4-9,11H,10,12,22H2,1-3H3,(H,23,26). The van der Waals surface area contributed by atoms with Crippen LogP contribution >= 0.6 is 0 Å². The molecule has 0 bridgehead atoms. The van der Waals surface area contributed by atoms with Crippen LogP contribution in [-0.2, 0) is 16.6 Å². The fourth-order valence-corrected chi connectivity index (χ4v) is 4.19. The highest BCUT2D eigenvalue weighted by Gasteiger charge is 2.22. The number of sulfonamides is 1. The van der Waals surface area contributed by atoms with E-state index in [1.807, 2.05) is 0 Å². The molecule has 0 spiro atoms. The summed E-state index contributed by atoms with van der Waals surface area (Å²) in [6.45, 7) is 1.85. The highest BCUT2D eigenvalue weighted by Crippen LogP contribution is 2.36. The van der Waals surface area contributed by atoms with E-state index in [1.54, 1.807) is 35.8 Å². The van der Waals surface area contributed by atoms with Gasteiger partial charge in [0.15, 0.2) is 0 Å². The van der Waals surface area contributed by atoms with Crippen molar-refractivity contribution in [2.24, 2.45) is 5.73 Å². The third-order valence-electron chi connectivity index (χ3n) is 4.70. The predicted molar refractivity (Wildman–Crippen MR) is 111 cm³/mol. The molecule has 0 saturated carbocycles. The minimum atomic E-state index is -3.63. The average molecular weight is 418 g/mol. The van der Waals surface area contributed by atoms with Gasteiger partial charge in [-0.2, -0.15) is 0 Å². The van der Waals surface area contributed by atoms with Crippen LogP contribution in [-0.4, -0.2) is 48.0 Å². The Bertz CT molecular complexity index is 1200. The van der Waals surface area contributed by atoms with Crippen LogP contribution in [0, 0.1) is 6.92 Å². The van der Waals surface area contributed by atoms with Crippen LogP contribution in [0.4, 0.5) is 4.39 Å². The zero-order valence-corrected chi connectivity index (χ0v) is 17.2. The summed E-state index contributed by atoms with van der Waals surface area (Å²) in [4.78, 5) is 4.36. The van der Waals surface area contributed by atoms with Crippen LogP contribution in [0.5, 0.6) is 5.88 Å². The smallest absolute Gasteiger partial charge is 0.242 e. The van der Waals surface area contributed by atoms with E-state index in [9.17, 15) is 17.9 Å². The number of aromatic hydroxyl groups is 1. The van der Waals surface area contributed by atoms with Crippen molar-refractivity contribution in [2.45, 2.75) is 18.4 Å². The number of hydrogen-bond acceptors (Lipinski definition) is 5. The molecule has 7 nitrogen and oxygen atoms in total. The monoisotopic (exact) mass is 418 g/mol. The lowest BCUT2D eigenvalue weighted by atomic mass is 10.1. The zero-order valence-electron chi connectivity index (χ0n) is 16.4. The first kappa shape index (κ1) is 21.0. The van der Waals surface area contributed by atoms with E-state index in [0.717, 1.165) is 4.31 Å². The Balaban J connectivity index is 2.27. The lowest BCUT2D eigenvalue weighted by Gasteiger charge is -2.12. The second kappa shape index (κ2) is 7.94. The van der Waals surface area contributed by atoms with Crippen LogP contribution in [0.1, 0.15) is 5.69 Å². The molecule has 0 saturated heterocycles. The third kappa shape index (κ3) is 3.89. The number of aromatic nitrogens is 2. The van der Waals surface area contributed by atoms with Crippen LogP contribution in [0.15, 0.2) is 53.2 Å². The van der Waals surface area contributed by atoms with Crippen molar-refractivity contribution in [3.63, 3.8) is 0 Å². The summed E-state index contributed by atoms with van der Waals surface area (Å²) in [5.74, 6) is -0.568. The Morgan fingerprint density at radius 2 is 2.03 bits per heavy atom. The van der Waals surface area contributed by atoms with Gasteiger partial charge in [0.05, 0.1) is 17.0 Å². The minimum Gasteiger partial charge on any atom is -0.493 e. The number of allylic oxidation sites excluding steroid dienone is 1. The van der Waals surface area contributed by atoms with Crippen molar-refractivity contribution in [3.8, 4) is 17.0 Å². The molecule has 0 atom stereocenters. The summed E-state index contributed by atoms with van der Waals surface area (Å²) in [5.41, 5.74) is 8.41. The molecule has 154 valence electrons. The lowest BCUT2D eigenvalue weighted by Crippen LogP contribution is -2.22. The molecule has 0 aliphatic rings. The summed E-state index contributed by atoms with van der Waals surface area (Å²) in [5, 5.41) is 9.90. The van der Waals surface area contributed by atoms with Gasteiger partial charge in [0.1, 0.15) is 11.3 Å². The Morgan fingerprint density at radius 1 is 1.31 bits per heavy atom. The zero-order chi connectivity index (χ0) is 21.3. The highest BCUT2D eigenvalue weighted by atomic mass is 32.2. The maximum atomic E-state index is 14.2. The molecular weight excluding hydrogens is 395 g/mol. The Morgan fingerprint density at radius 3 is 2.69 bits per heavy atom. The van der Waals surface area contributed by atoms with Crippen LogP contribution in [0.2, 0.25) is 0 Å². The van der Waals surface area contributed by atoms with Gasteiger partial charge in [0.2, 0.25) is 15.9 Å². The third-order valence-corrected chi connectivity index (χ3v) is 6.51. The van der Waals surface area contributed by atoms with Crippen LogP contribution in [0.25, 0.3) is 22.2 Å². The molecule has 3 rings (SSSR count). The van der Waals surface area contributed by atoms with Gasteiger partial charge in [-0.25, -0.2) is 22.1 Å². The maximum Gasteiger partial charge on any atom is 0.242 e. The first-order valence-electron chi connectivity index (χ1n) is 8.93. The van der Waals surface area contributed by atoms with Gasteiger partial charge in [-0.05, 0) is 36.8 Å². The van der Waals surface area contributed by atoms with Crippen LogP contribution < -0.4 is 5.73 Å². The summed E-state index contributed by atoms with van der Waals surface area (Å²) in [7, 11) is -0.700. The van der Waals surface area contributed by atoms with Crippen LogP contribution in [0.3, 0.4) is 0 Å². The molecule has 0 aliphatic carbocycles. The highest BCUT2D eigenvalue weighted by molar-refractivity contribution is 7.89. The van der Waals surface area contributed by atoms with Gasteiger partial charge < -0.3 is 15.4 Å². The van der Waals surface area contributed by atoms with E-state index >= 15 is 0 Å². The number of pyridine rings is 1. The molecule has 29 heavy (non-hydrogen) atoms. The second-order valence-corrected chi connectivity index (χ2v) is 8.94. The SMILES string of the molecule is Cc1c(-c2cccc(S(=O)(=O)N(C)C)c2)c2nc(O)ccc2n1CC(F)=CCN. The summed E-state index contributed by atoms with van der Waals surface area (Å²) in [6.07, 6.45) is 1.29. The number of fused-ring (bicyclic) bond motifs is 1. The molecule has 3 N–H and O–H groups in total. The van der Waals surface area contributed by atoms with Crippen molar-refractivity contribution in [3.05, 3.63) is 54.0 Å². The average Bonchev–Trinajstić information content (AvgIpc) is 2.92. The van der Waals surface area contributed by atoms with Crippen molar-refractivity contribution in [1.82, 2.24) is 13.9 Å². The van der Waals surface area contributed by atoms with E-state index in [2.05, 4.69) is 4.98 Å². The molecule has 0 fully saturated rings. The van der Waals surface area contributed by atoms with E-state index < -0.39 is 15.9 Å². The predicted octanol–water partition coefficient (Wildman–Crippen LogP) is 2.78. The molecule has 0 unspecified atom stereocenters. The molecule has 0 amide bonds. The number of benzene rings is 1. The molecule has 0 radical (unpaired) electrons. The Hall–Kier alpha value is -2.75. The topological polar surface area (TPSA) is 101 Å². The molecule has 0 aliphatic heterocycles. The van der Waals surface area contributed by atoms with E-state index in [4.69, 9.17) is 5.73 Å². The van der Waals surface area contributed by atoms with Gasteiger partial charge in [0.25, 0.3) is 0 Å². The van der Waals surface area contributed by atoms with Crippen molar-refractivity contribution < 1.29 is 17.9 Å². The molecule has 9 heteroatoms. The first-order chi connectivity index (χ1) is 13.7. The molecule has 3 aromatic rings. The molecular formula is C20H23FN4O3S. The number of nitrogens with zero attached hydrogens (tertiary/aromatic N) is 3. The Kier molecular flexibility index (Phi) is 5.74. The first-order valence-corrected chi connectivity index (χ1v) is 10.4. The number of rotatable bonds is 6. The molecule has 2 heterocycles.